The molecule has 1 saturated heterocycles. The average molecular weight is 237 g/mol. The van der Waals surface area contributed by atoms with Crippen molar-refractivity contribution >= 4 is 5.78 Å². The van der Waals surface area contributed by atoms with Crippen LogP contribution >= 0.6 is 0 Å². The Kier molecular flexibility index (Phi) is 3.47. The molecule has 1 fully saturated rings. The second-order valence-corrected chi connectivity index (χ2v) is 4.48. The second kappa shape index (κ2) is 4.87. The van der Waals surface area contributed by atoms with Gasteiger partial charge in [0.25, 0.3) is 0 Å². The number of methoxy groups -OCH3 is 1. The van der Waals surface area contributed by atoms with Crippen LogP contribution in [0.5, 0.6) is 5.75 Å². The summed E-state index contributed by atoms with van der Waals surface area (Å²) < 4.78 is 6.93. The number of rotatable bonds is 4. The minimum Gasteiger partial charge on any atom is -0.493 e. The standard InChI is InChI=1S/C12H19N3O2/c1-4-15-11(10(17-3)7-14-15)12(16)9-6-13-5-8(9)2/h7-9,13H,4-6H2,1-3H3. The molecule has 2 rings (SSSR count). The SMILES string of the molecule is CCn1ncc(OC)c1C(=O)C1CNCC1C. The summed E-state index contributed by atoms with van der Waals surface area (Å²) in [5.74, 6) is 1.12. The lowest BCUT2D eigenvalue weighted by atomic mass is 9.92. The van der Waals surface area contributed by atoms with E-state index in [1.165, 1.54) is 0 Å². The summed E-state index contributed by atoms with van der Waals surface area (Å²) >= 11 is 0. The van der Waals surface area contributed by atoms with Crippen LogP contribution in [0.4, 0.5) is 0 Å². The van der Waals surface area contributed by atoms with Crippen molar-refractivity contribution in [2.24, 2.45) is 11.8 Å². The highest BCUT2D eigenvalue weighted by atomic mass is 16.5. The van der Waals surface area contributed by atoms with Crippen molar-refractivity contribution in [3.63, 3.8) is 0 Å². The van der Waals surface area contributed by atoms with E-state index in [1.54, 1.807) is 18.0 Å². The van der Waals surface area contributed by atoms with Gasteiger partial charge in [-0.1, -0.05) is 6.92 Å². The molecule has 0 spiro atoms. The quantitative estimate of drug-likeness (QED) is 0.792. The average Bonchev–Trinajstić information content (AvgIpc) is 2.93. The first-order valence-corrected chi connectivity index (χ1v) is 6.03. The monoisotopic (exact) mass is 237 g/mol. The molecule has 0 aliphatic carbocycles. The Labute approximate surface area is 101 Å². The van der Waals surface area contributed by atoms with Crippen LogP contribution in [0.2, 0.25) is 0 Å². The van der Waals surface area contributed by atoms with Crippen LogP contribution in [0.15, 0.2) is 6.20 Å². The number of ether oxygens (including phenoxy) is 1. The van der Waals surface area contributed by atoms with Gasteiger partial charge in [-0.05, 0) is 19.4 Å². The van der Waals surface area contributed by atoms with Gasteiger partial charge in [0.2, 0.25) is 0 Å². The van der Waals surface area contributed by atoms with Crippen molar-refractivity contribution in [2.45, 2.75) is 20.4 Å². The fourth-order valence-corrected chi connectivity index (χ4v) is 2.34. The molecule has 1 aliphatic heterocycles. The minimum absolute atomic E-state index is 0.0332. The number of nitrogens with zero attached hydrogens (tertiary/aromatic N) is 2. The third-order valence-electron chi connectivity index (χ3n) is 3.41. The molecule has 2 unspecified atom stereocenters. The molecule has 5 heteroatoms. The number of carbonyl (C=O) groups excluding carboxylic acids is 1. The number of aromatic nitrogens is 2. The van der Waals surface area contributed by atoms with Crippen LogP contribution in [-0.4, -0.2) is 35.8 Å². The summed E-state index contributed by atoms with van der Waals surface area (Å²) in [6.07, 6.45) is 1.61. The maximum Gasteiger partial charge on any atom is 0.189 e. The molecule has 2 heterocycles. The molecule has 0 radical (unpaired) electrons. The van der Waals surface area contributed by atoms with E-state index in [-0.39, 0.29) is 11.7 Å². The third kappa shape index (κ3) is 2.07. The Bertz CT molecular complexity index is 392. The molecular weight excluding hydrogens is 218 g/mol. The Morgan fingerprint density at radius 1 is 1.65 bits per heavy atom. The highest BCUT2D eigenvalue weighted by Crippen LogP contribution is 2.26. The van der Waals surface area contributed by atoms with Crippen LogP contribution in [0.3, 0.4) is 0 Å². The summed E-state index contributed by atoms with van der Waals surface area (Å²) in [6, 6.07) is 0. The summed E-state index contributed by atoms with van der Waals surface area (Å²) in [7, 11) is 1.57. The van der Waals surface area contributed by atoms with E-state index in [9.17, 15) is 4.79 Å². The fourth-order valence-electron chi connectivity index (χ4n) is 2.34. The molecule has 0 aromatic carbocycles. The normalized spacial score (nSPS) is 23.9. The van der Waals surface area contributed by atoms with E-state index in [0.29, 0.717) is 23.9 Å². The number of aryl methyl sites for hydroxylation is 1. The largest absolute Gasteiger partial charge is 0.493 e. The third-order valence-corrected chi connectivity index (χ3v) is 3.41. The maximum atomic E-state index is 12.5. The number of hydrogen-bond acceptors (Lipinski definition) is 4. The smallest absolute Gasteiger partial charge is 0.189 e. The molecule has 0 amide bonds. The molecule has 0 saturated carbocycles. The molecule has 1 aromatic rings. The maximum absolute atomic E-state index is 12.5. The van der Waals surface area contributed by atoms with Crippen LogP contribution in [0.1, 0.15) is 24.3 Å². The molecule has 2 atom stereocenters. The highest BCUT2D eigenvalue weighted by Gasteiger charge is 2.33. The minimum atomic E-state index is 0.0332. The zero-order chi connectivity index (χ0) is 12.4. The van der Waals surface area contributed by atoms with Crippen LogP contribution < -0.4 is 10.1 Å². The summed E-state index contributed by atoms with van der Waals surface area (Å²) in [5, 5.41) is 7.42. The van der Waals surface area contributed by atoms with Crippen molar-refractivity contribution in [2.75, 3.05) is 20.2 Å². The Hall–Kier alpha value is -1.36. The van der Waals surface area contributed by atoms with Gasteiger partial charge in [0, 0.05) is 19.0 Å². The van der Waals surface area contributed by atoms with Gasteiger partial charge in [0.15, 0.2) is 11.5 Å². The molecule has 1 aromatic heterocycles. The van der Waals surface area contributed by atoms with Crippen molar-refractivity contribution in [3.05, 3.63) is 11.9 Å². The van der Waals surface area contributed by atoms with Crippen molar-refractivity contribution in [3.8, 4) is 5.75 Å². The first-order chi connectivity index (χ1) is 8.19. The molecule has 94 valence electrons. The van der Waals surface area contributed by atoms with Gasteiger partial charge in [0.1, 0.15) is 5.69 Å². The van der Waals surface area contributed by atoms with E-state index < -0.39 is 0 Å². The Morgan fingerprint density at radius 2 is 2.41 bits per heavy atom. The fraction of sp³-hybridized carbons (Fsp3) is 0.667. The first-order valence-electron chi connectivity index (χ1n) is 6.03. The topological polar surface area (TPSA) is 56.2 Å². The lowest BCUT2D eigenvalue weighted by molar-refractivity contribution is 0.0893. The molecule has 1 aliphatic rings. The van der Waals surface area contributed by atoms with Crippen LogP contribution in [-0.2, 0) is 6.54 Å². The summed E-state index contributed by atoms with van der Waals surface area (Å²) in [6.45, 7) is 6.40. The second-order valence-electron chi connectivity index (χ2n) is 4.48. The molecule has 5 nitrogen and oxygen atoms in total. The summed E-state index contributed by atoms with van der Waals surface area (Å²) in [5.41, 5.74) is 0.607. The zero-order valence-corrected chi connectivity index (χ0v) is 10.6. The predicted molar refractivity (Wildman–Crippen MR) is 64.3 cm³/mol. The lowest BCUT2D eigenvalue weighted by Gasteiger charge is -2.14. The van der Waals surface area contributed by atoms with Crippen molar-refractivity contribution < 1.29 is 9.53 Å². The van der Waals surface area contributed by atoms with E-state index in [2.05, 4.69) is 17.3 Å². The molecule has 0 bridgehead atoms. The van der Waals surface area contributed by atoms with Gasteiger partial charge >= 0.3 is 0 Å². The van der Waals surface area contributed by atoms with E-state index in [4.69, 9.17) is 4.74 Å². The number of nitrogens with one attached hydrogen (secondary N) is 1. The number of carbonyl (C=O) groups is 1. The molecule has 1 N–H and O–H groups in total. The first kappa shape index (κ1) is 12.1. The van der Waals surface area contributed by atoms with Crippen LogP contribution in [0.25, 0.3) is 0 Å². The van der Waals surface area contributed by atoms with E-state index in [0.717, 1.165) is 13.1 Å². The van der Waals surface area contributed by atoms with Gasteiger partial charge in [-0.3, -0.25) is 9.48 Å². The van der Waals surface area contributed by atoms with Crippen LogP contribution in [0, 0.1) is 11.8 Å². The number of ketones is 1. The van der Waals surface area contributed by atoms with Gasteiger partial charge in [-0.15, -0.1) is 0 Å². The zero-order valence-electron chi connectivity index (χ0n) is 10.6. The Balaban J connectivity index is 2.32. The van der Waals surface area contributed by atoms with E-state index in [1.807, 2.05) is 6.92 Å². The van der Waals surface area contributed by atoms with Gasteiger partial charge < -0.3 is 10.1 Å². The number of hydrogen-bond donors (Lipinski definition) is 1. The van der Waals surface area contributed by atoms with Gasteiger partial charge in [-0.2, -0.15) is 5.10 Å². The van der Waals surface area contributed by atoms with Crippen molar-refractivity contribution in [1.82, 2.24) is 15.1 Å². The number of Topliss-reactive ketones (excluding diaryl/α,β-unsaturated/α-hetero) is 1. The molecular formula is C12H19N3O2. The predicted octanol–water partition coefficient (Wildman–Crippen LogP) is 0.950. The highest BCUT2D eigenvalue weighted by molar-refractivity contribution is 5.99. The van der Waals surface area contributed by atoms with Gasteiger partial charge in [0.05, 0.1) is 13.3 Å². The van der Waals surface area contributed by atoms with Gasteiger partial charge in [-0.25, -0.2) is 0 Å². The summed E-state index contributed by atoms with van der Waals surface area (Å²) in [4.78, 5) is 12.5. The lowest BCUT2D eigenvalue weighted by Crippen LogP contribution is -2.24. The Morgan fingerprint density at radius 3 is 2.94 bits per heavy atom. The van der Waals surface area contributed by atoms with E-state index >= 15 is 0 Å². The molecule has 17 heavy (non-hydrogen) atoms. The van der Waals surface area contributed by atoms with Crippen molar-refractivity contribution in [1.29, 1.82) is 0 Å².